The van der Waals surface area contributed by atoms with E-state index < -0.39 is 17.5 Å². The normalized spacial score (nSPS) is 36.8. The van der Waals surface area contributed by atoms with Gasteiger partial charge < -0.3 is 4.74 Å². The van der Waals surface area contributed by atoms with Crippen LogP contribution in [0.4, 0.5) is 13.2 Å². The van der Waals surface area contributed by atoms with Crippen molar-refractivity contribution >= 4 is 17.7 Å². The predicted molar refractivity (Wildman–Crippen MR) is 163 cm³/mol. The molecule has 1 N–H and O–H groups in total. The zero-order valence-electron chi connectivity index (χ0n) is 26.7. The lowest BCUT2D eigenvalue weighted by Gasteiger charge is -2.66. The summed E-state index contributed by atoms with van der Waals surface area (Å²) in [6, 6.07) is 2.23. The maximum Gasteiger partial charge on any atom is 0.399 e. The van der Waals surface area contributed by atoms with Gasteiger partial charge in [0, 0.05) is 11.5 Å². The van der Waals surface area contributed by atoms with Crippen LogP contribution in [-0.4, -0.2) is 36.5 Å². The monoisotopic (exact) mass is 608 g/mol. The number of hydrogen-bond acceptors (Lipinski definition) is 5. The summed E-state index contributed by atoms with van der Waals surface area (Å²) in [6.45, 7) is 16.5. The Morgan fingerprint density at radius 1 is 1.17 bits per heavy atom. The molecule has 0 radical (unpaired) electrons. The minimum absolute atomic E-state index is 0.0101. The molecular formula is C34H51F3N2O2S. The molecule has 0 amide bonds. The van der Waals surface area contributed by atoms with Crippen LogP contribution in [0, 0.1) is 50.7 Å². The number of nitrogens with one attached hydrogen (secondary N) is 1. The Morgan fingerprint density at radius 3 is 2.50 bits per heavy atom. The Labute approximate surface area is 255 Å². The molecule has 3 fully saturated rings. The smallest absolute Gasteiger partial charge is 0.375 e. The third-order valence-corrected chi connectivity index (χ3v) is 12.9. The average Bonchev–Trinajstić information content (AvgIpc) is 2.88. The van der Waals surface area contributed by atoms with Gasteiger partial charge in [0.1, 0.15) is 5.75 Å². The first kappa shape index (κ1) is 33.6. The van der Waals surface area contributed by atoms with Crippen molar-refractivity contribution < 1.29 is 22.7 Å². The Bertz CT molecular complexity index is 1140. The summed E-state index contributed by atoms with van der Waals surface area (Å²) in [5.74, 6) is -0.562. The molecule has 0 spiro atoms. The summed E-state index contributed by atoms with van der Waals surface area (Å²) in [7, 11) is 0. The van der Waals surface area contributed by atoms with Crippen molar-refractivity contribution in [3.8, 4) is 6.07 Å². The van der Waals surface area contributed by atoms with Crippen LogP contribution >= 0.6 is 11.9 Å². The SMILES string of the molecule is CC/C=C(/C#N)COCC(C)(C)[C@@H]1CC[C@]2(C)C(=CC(=O)C3C4CC(C)(C)CC[C@]4(NSCC(F)(F)F)CC[C@]32C)C1. The van der Waals surface area contributed by atoms with Crippen molar-refractivity contribution in [2.24, 2.45) is 39.4 Å². The highest BCUT2D eigenvalue weighted by molar-refractivity contribution is 7.97. The maximum atomic E-state index is 14.2. The van der Waals surface area contributed by atoms with Crippen molar-refractivity contribution in [2.45, 2.75) is 118 Å². The van der Waals surface area contributed by atoms with E-state index in [1.54, 1.807) is 0 Å². The standard InChI is InChI=1S/C34H51F3N2O2S/c1-8-9-23(19-38)20-41-21-30(4,5)24-10-11-31(6)25(16-24)17-27(40)28-26-18-29(2,3)12-14-33(26,15-13-32(28,31)7)39-42-22-34(35,36)37/h9,17,24,26,28,39H,8,10-16,18,20-22H2,1-7H3/b23-9-/t24-,26?,28?,31-,32-,33+/m1/s1. The van der Waals surface area contributed by atoms with E-state index in [0.717, 1.165) is 69.7 Å². The first-order valence-corrected chi connectivity index (χ1v) is 16.8. The van der Waals surface area contributed by atoms with Crippen molar-refractivity contribution in [1.82, 2.24) is 4.72 Å². The zero-order valence-corrected chi connectivity index (χ0v) is 27.5. The van der Waals surface area contributed by atoms with E-state index in [0.29, 0.717) is 24.7 Å². The highest BCUT2D eigenvalue weighted by atomic mass is 32.2. The van der Waals surface area contributed by atoms with Crippen molar-refractivity contribution in [2.75, 3.05) is 19.0 Å². The number of halogens is 3. The topological polar surface area (TPSA) is 62.1 Å². The number of carbonyl (C=O) groups excluding carboxylic acids is 1. The number of hydrogen-bond donors (Lipinski definition) is 1. The number of nitrogens with zero attached hydrogens (tertiary/aromatic N) is 1. The molecule has 0 aromatic carbocycles. The first-order valence-electron chi connectivity index (χ1n) is 15.8. The van der Waals surface area contributed by atoms with Gasteiger partial charge in [-0.3, -0.25) is 9.52 Å². The summed E-state index contributed by atoms with van der Waals surface area (Å²) in [5.41, 5.74) is 1.06. The Balaban J connectivity index is 1.57. The van der Waals surface area contributed by atoms with Gasteiger partial charge in [0.2, 0.25) is 0 Å². The van der Waals surface area contributed by atoms with E-state index in [9.17, 15) is 23.2 Å². The van der Waals surface area contributed by atoms with Crippen LogP contribution in [0.15, 0.2) is 23.3 Å². The fourth-order valence-corrected chi connectivity index (χ4v) is 9.86. The Morgan fingerprint density at radius 2 is 1.86 bits per heavy atom. The van der Waals surface area contributed by atoms with Gasteiger partial charge in [-0.2, -0.15) is 18.4 Å². The van der Waals surface area contributed by atoms with Crippen LogP contribution in [-0.2, 0) is 9.53 Å². The van der Waals surface area contributed by atoms with Gasteiger partial charge in [-0.15, -0.1) is 0 Å². The third-order valence-electron chi connectivity index (χ3n) is 11.9. The van der Waals surface area contributed by atoms with Crippen LogP contribution in [0.2, 0.25) is 0 Å². The van der Waals surface area contributed by atoms with Crippen molar-refractivity contribution in [3.63, 3.8) is 0 Å². The summed E-state index contributed by atoms with van der Waals surface area (Å²) in [6.07, 6.45) is 7.57. The molecular weight excluding hydrogens is 557 g/mol. The number of ketones is 1. The molecule has 0 saturated heterocycles. The molecule has 3 saturated carbocycles. The van der Waals surface area contributed by atoms with Gasteiger partial charge in [-0.1, -0.05) is 72.1 Å². The molecule has 42 heavy (non-hydrogen) atoms. The van der Waals surface area contributed by atoms with Gasteiger partial charge in [-0.05, 0) is 97.4 Å². The minimum atomic E-state index is -4.23. The lowest BCUT2D eigenvalue weighted by molar-refractivity contribution is -0.154. The molecule has 4 nitrogen and oxygen atoms in total. The number of nitriles is 1. The second-order valence-corrected chi connectivity index (χ2v) is 16.4. The van der Waals surface area contributed by atoms with E-state index >= 15 is 0 Å². The second-order valence-electron chi connectivity index (χ2n) is 15.6. The number of fused-ring (bicyclic) bond motifs is 5. The van der Waals surface area contributed by atoms with Crippen molar-refractivity contribution in [1.29, 1.82) is 5.26 Å². The van der Waals surface area contributed by atoms with Crippen LogP contribution in [0.25, 0.3) is 0 Å². The van der Waals surface area contributed by atoms with Gasteiger partial charge in [0.05, 0.1) is 24.9 Å². The van der Waals surface area contributed by atoms with Crippen LogP contribution in [0.1, 0.15) is 106 Å². The lowest BCUT2D eigenvalue weighted by atomic mass is 9.38. The first-order chi connectivity index (χ1) is 19.4. The second kappa shape index (κ2) is 11.9. The van der Waals surface area contributed by atoms with E-state index in [1.807, 2.05) is 19.1 Å². The summed E-state index contributed by atoms with van der Waals surface area (Å²) in [5, 5.41) is 9.34. The molecule has 0 aromatic heterocycles. The molecule has 0 bridgehead atoms. The maximum absolute atomic E-state index is 14.2. The number of rotatable bonds is 9. The quantitative estimate of drug-likeness (QED) is 0.209. The van der Waals surface area contributed by atoms with E-state index in [2.05, 4.69) is 52.3 Å². The van der Waals surface area contributed by atoms with Gasteiger partial charge in [-0.25, -0.2) is 0 Å². The Kier molecular flexibility index (Phi) is 9.51. The zero-order chi connectivity index (χ0) is 31.2. The highest BCUT2D eigenvalue weighted by Crippen LogP contribution is 2.69. The van der Waals surface area contributed by atoms with Gasteiger partial charge in [0.15, 0.2) is 5.78 Å². The van der Waals surface area contributed by atoms with Crippen LogP contribution < -0.4 is 4.72 Å². The van der Waals surface area contributed by atoms with Gasteiger partial charge in [0.25, 0.3) is 0 Å². The fourth-order valence-electron chi connectivity index (χ4n) is 8.98. The molecule has 4 rings (SSSR count). The third kappa shape index (κ3) is 6.40. The van der Waals surface area contributed by atoms with E-state index in [4.69, 9.17) is 4.74 Å². The largest absolute Gasteiger partial charge is 0.399 e. The molecule has 2 unspecified atom stereocenters. The predicted octanol–water partition coefficient (Wildman–Crippen LogP) is 8.99. The summed E-state index contributed by atoms with van der Waals surface area (Å²) in [4.78, 5) is 14.2. The number of alkyl halides is 3. The van der Waals surface area contributed by atoms with E-state index in [1.165, 1.54) is 5.57 Å². The average molecular weight is 609 g/mol. The molecule has 236 valence electrons. The van der Waals surface area contributed by atoms with E-state index in [-0.39, 0.29) is 39.3 Å². The molecule has 4 aliphatic carbocycles. The molecule has 4 aliphatic rings. The van der Waals surface area contributed by atoms with Crippen LogP contribution in [0.3, 0.4) is 0 Å². The highest BCUT2D eigenvalue weighted by Gasteiger charge is 2.66. The molecule has 6 atom stereocenters. The Hall–Kier alpha value is -1.30. The van der Waals surface area contributed by atoms with Crippen LogP contribution in [0.5, 0.6) is 0 Å². The fraction of sp³-hybridized carbons (Fsp3) is 0.824. The number of carbonyl (C=O) groups is 1. The minimum Gasteiger partial charge on any atom is -0.375 e. The number of allylic oxidation sites excluding steroid dienone is 3. The molecule has 0 aliphatic heterocycles. The summed E-state index contributed by atoms with van der Waals surface area (Å²) >= 11 is 0.785. The van der Waals surface area contributed by atoms with Crippen molar-refractivity contribution in [3.05, 3.63) is 23.3 Å². The molecule has 8 heteroatoms. The summed E-state index contributed by atoms with van der Waals surface area (Å²) < 4.78 is 48.7. The molecule has 0 aromatic rings. The number of ether oxygens (including phenoxy) is 1. The van der Waals surface area contributed by atoms with Gasteiger partial charge >= 0.3 is 6.18 Å². The molecule has 0 heterocycles. The lowest BCUT2D eigenvalue weighted by Crippen LogP contribution is -2.67.